The molecule has 2 aromatic rings. The Kier molecular flexibility index (Phi) is 4.45. The maximum absolute atomic E-state index is 6.13. The molecular formula is C15H19ClN4. The predicted octanol–water partition coefficient (Wildman–Crippen LogP) is 3.81. The van der Waals surface area contributed by atoms with Crippen molar-refractivity contribution in [2.45, 2.75) is 20.3 Å². The molecule has 1 N–H and O–H groups in total. The van der Waals surface area contributed by atoms with E-state index in [2.05, 4.69) is 32.3 Å². The molecule has 2 rings (SSSR count). The van der Waals surface area contributed by atoms with Crippen molar-refractivity contribution in [3.8, 4) is 0 Å². The number of hydrogen-bond acceptors (Lipinski definition) is 4. The van der Waals surface area contributed by atoms with Crippen molar-refractivity contribution in [3.05, 3.63) is 40.8 Å². The smallest absolute Gasteiger partial charge is 0.138 e. The Balaban J connectivity index is 2.27. The third-order valence-electron chi connectivity index (χ3n) is 3.10. The third kappa shape index (κ3) is 3.20. The van der Waals surface area contributed by atoms with E-state index in [0.717, 1.165) is 35.0 Å². The van der Waals surface area contributed by atoms with Gasteiger partial charge in [-0.1, -0.05) is 18.5 Å². The van der Waals surface area contributed by atoms with Crippen LogP contribution in [0.4, 0.5) is 17.2 Å². The van der Waals surface area contributed by atoms with Crippen LogP contribution in [-0.2, 0) is 6.42 Å². The summed E-state index contributed by atoms with van der Waals surface area (Å²) in [5.74, 6) is 1.51. The van der Waals surface area contributed by atoms with Crippen LogP contribution < -0.4 is 10.2 Å². The topological polar surface area (TPSA) is 41.1 Å². The monoisotopic (exact) mass is 290 g/mol. The molecule has 1 aromatic carbocycles. The number of hydrogen-bond donors (Lipinski definition) is 1. The summed E-state index contributed by atoms with van der Waals surface area (Å²) in [6, 6.07) is 8.16. The van der Waals surface area contributed by atoms with E-state index in [4.69, 9.17) is 11.6 Å². The maximum atomic E-state index is 6.13. The number of aromatic nitrogens is 2. The van der Waals surface area contributed by atoms with E-state index in [0.29, 0.717) is 5.15 Å². The summed E-state index contributed by atoms with van der Waals surface area (Å²) >= 11 is 6.13. The van der Waals surface area contributed by atoms with E-state index < -0.39 is 0 Å². The number of halogens is 1. The second kappa shape index (κ2) is 6.09. The molecule has 20 heavy (non-hydrogen) atoms. The van der Waals surface area contributed by atoms with Crippen LogP contribution in [0.25, 0.3) is 0 Å². The van der Waals surface area contributed by atoms with Crippen molar-refractivity contribution < 1.29 is 0 Å². The Morgan fingerprint density at radius 2 is 1.80 bits per heavy atom. The zero-order chi connectivity index (χ0) is 14.7. The zero-order valence-corrected chi connectivity index (χ0v) is 13.0. The quantitative estimate of drug-likeness (QED) is 0.869. The summed E-state index contributed by atoms with van der Waals surface area (Å²) in [6.45, 7) is 3.93. The lowest BCUT2D eigenvalue weighted by atomic mass is 10.2. The SMILES string of the molecule is CCc1nc(Cl)c(C)c(Nc2ccc(N(C)C)cc2)n1. The molecule has 0 atom stereocenters. The van der Waals surface area contributed by atoms with E-state index in [1.165, 1.54) is 0 Å². The summed E-state index contributed by atoms with van der Waals surface area (Å²) in [5, 5.41) is 3.80. The molecule has 5 heteroatoms. The Labute approximate surface area is 124 Å². The van der Waals surface area contributed by atoms with Gasteiger partial charge >= 0.3 is 0 Å². The van der Waals surface area contributed by atoms with Crippen LogP contribution in [0.2, 0.25) is 5.15 Å². The highest BCUT2D eigenvalue weighted by Gasteiger charge is 2.08. The fourth-order valence-corrected chi connectivity index (χ4v) is 1.98. The minimum atomic E-state index is 0.504. The lowest BCUT2D eigenvalue weighted by Crippen LogP contribution is -2.08. The van der Waals surface area contributed by atoms with E-state index >= 15 is 0 Å². The molecule has 0 saturated carbocycles. The maximum Gasteiger partial charge on any atom is 0.138 e. The fourth-order valence-electron chi connectivity index (χ4n) is 1.79. The standard InChI is InChI=1S/C15H19ClN4/c1-5-13-18-14(16)10(2)15(19-13)17-11-6-8-12(9-7-11)20(3)4/h6-9H,5H2,1-4H3,(H,17,18,19). The Morgan fingerprint density at radius 3 is 2.35 bits per heavy atom. The van der Waals surface area contributed by atoms with Gasteiger partial charge in [0.05, 0.1) is 0 Å². The summed E-state index contributed by atoms with van der Waals surface area (Å²) in [6.07, 6.45) is 0.758. The molecule has 106 valence electrons. The van der Waals surface area contributed by atoms with Crippen molar-refractivity contribution in [1.82, 2.24) is 9.97 Å². The molecule has 0 spiro atoms. The highest BCUT2D eigenvalue weighted by Crippen LogP contribution is 2.24. The highest BCUT2D eigenvalue weighted by molar-refractivity contribution is 6.30. The molecule has 0 amide bonds. The van der Waals surface area contributed by atoms with Crippen LogP contribution in [0.5, 0.6) is 0 Å². The van der Waals surface area contributed by atoms with E-state index in [1.807, 2.05) is 40.1 Å². The number of anilines is 3. The summed E-state index contributed by atoms with van der Waals surface area (Å²) in [4.78, 5) is 10.8. The number of rotatable bonds is 4. The first kappa shape index (κ1) is 14.6. The minimum absolute atomic E-state index is 0.504. The van der Waals surface area contributed by atoms with Gasteiger partial charge in [-0.2, -0.15) is 0 Å². The molecular weight excluding hydrogens is 272 g/mol. The largest absolute Gasteiger partial charge is 0.378 e. The molecule has 0 bridgehead atoms. The normalized spacial score (nSPS) is 10.4. The predicted molar refractivity (Wildman–Crippen MR) is 85.2 cm³/mol. The molecule has 0 unspecified atom stereocenters. The van der Waals surface area contributed by atoms with Gasteiger partial charge in [0.2, 0.25) is 0 Å². The summed E-state index contributed by atoms with van der Waals surface area (Å²) in [5.41, 5.74) is 3.00. The average Bonchev–Trinajstić information content (AvgIpc) is 2.44. The van der Waals surface area contributed by atoms with E-state index in [9.17, 15) is 0 Å². The molecule has 0 saturated heterocycles. The van der Waals surface area contributed by atoms with Gasteiger partial charge in [-0.3, -0.25) is 0 Å². The number of benzene rings is 1. The van der Waals surface area contributed by atoms with Crippen molar-refractivity contribution in [3.63, 3.8) is 0 Å². The molecule has 0 aliphatic rings. The number of nitrogens with one attached hydrogen (secondary N) is 1. The van der Waals surface area contributed by atoms with Gasteiger partial charge in [0, 0.05) is 37.5 Å². The van der Waals surface area contributed by atoms with Gasteiger partial charge in [-0.25, -0.2) is 9.97 Å². The first-order valence-corrected chi connectivity index (χ1v) is 6.96. The Bertz CT molecular complexity index is 594. The van der Waals surface area contributed by atoms with Crippen LogP contribution in [0.3, 0.4) is 0 Å². The van der Waals surface area contributed by atoms with Crippen LogP contribution in [0.1, 0.15) is 18.3 Å². The first-order valence-electron chi connectivity index (χ1n) is 6.58. The highest BCUT2D eigenvalue weighted by atomic mass is 35.5. The summed E-state index contributed by atoms with van der Waals surface area (Å²) in [7, 11) is 4.04. The van der Waals surface area contributed by atoms with Gasteiger partial charge in [0.15, 0.2) is 0 Å². The Hall–Kier alpha value is -1.81. The van der Waals surface area contributed by atoms with Gasteiger partial charge in [0.25, 0.3) is 0 Å². The first-order chi connectivity index (χ1) is 9.51. The van der Waals surface area contributed by atoms with Gasteiger partial charge in [-0.05, 0) is 31.2 Å². The fraction of sp³-hybridized carbons (Fsp3) is 0.333. The molecule has 4 nitrogen and oxygen atoms in total. The molecule has 1 heterocycles. The lowest BCUT2D eigenvalue weighted by molar-refractivity contribution is 0.934. The summed E-state index contributed by atoms with van der Waals surface area (Å²) < 4.78 is 0. The minimum Gasteiger partial charge on any atom is -0.378 e. The van der Waals surface area contributed by atoms with Gasteiger partial charge in [0.1, 0.15) is 16.8 Å². The van der Waals surface area contributed by atoms with Crippen molar-refractivity contribution in [2.24, 2.45) is 0 Å². The molecule has 0 aliphatic carbocycles. The molecule has 0 radical (unpaired) electrons. The Morgan fingerprint density at radius 1 is 1.15 bits per heavy atom. The van der Waals surface area contributed by atoms with Crippen LogP contribution >= 0.6 is 11.6 Å². The second-order valence-corrected chi connectivity index (χ2v) is 5.18. The third-order valence-corrected chi connectivity index (χ3v) is 3.46. The van der Waals surface area contributed by atoms with Crippen LogP contribution in [0.15, 0.2) is 24.3 Å². The van der Waals surface area contributed by atoms with Crippen LogP contribution in [-0.4, -0.2) is 24.1 Å². The second-order valence-electron chi connectivity index (χ2n) is 4.82. The lowest BCUT2D eigenvalue weighted by Gasteiger charge is -2.14. The zero-order valence-electron chi connectivity index (χ0n) is 12.2. The van der Waals surface area contributed by atoms with E-state index in [1.54, 1.807) is 0 Å². The van der Waals surface area contributed by atoms with E-state index in [-0.39, 0.29) is 0 Å². The van der Waals surface area contributed by atoms with Crippen molar-refractivity contribution >= 4 is 28.8 Å². The van der Waals surface area contributed by atoms with Gasteiger partial charge in [-0.15, -0.1) is 0 Å². The molecule has 0 fully saturated rings. The average molecular weight is 291 g/mol. The van der Waals surface area contributed by atoms with Crippen molar-refractivity contribution in [1.29, 1.82) is 0 Å². The molecule has 0 aliphatic heterocycles. The van der Waals surface area contributed by atoms with Crippen LogP contribution in [0, 0.1) is 6.92 Å². The number of nitrogens with zero attached hydrogens (tertiary/aromatic N) is 3. The van der Waals surface area contributed by atoms with Crippen molar-refractivity contribution in [2.75, 3.05) is 24.3 Å². The number of aryl methyl sites for hydroxylation is 1. The molecule has 1 aromatic heterocycles. The van der Waals surface area contributed by atoms with Gasteiger partial charge < -0.3 is 10.2 Å².